The molecule has 1 fully saturated rings. The van der Waals surface area contributed by atoms with Crippen LogP contribution >= 0.6 is 7.75 Å². The molecule has 5 unspecified atom stereocenters. The number of anilines is 1. The van der Waals surface area contributed by atoms with Gasteiger partial charge in [0.15, 0.2) is 17.7 Å². The first kappa shape index (κ1) is 25.9. The number of benzene rings is 1. The third kappa shape index (κ3) is 5.19. The standard InChI is InChI=1S/C21H27N6O8P/c1-11(21(30)32-3)26-36(31,35-13-7-5-4-6-8-13)34-12(2)17-15(28)16(29)20(33-17)27-10-25-14-18(22)23-9-24-19(14)27/h4-12,15-17,20,28-29H,1-3H3,(H,26,31)(H2,22,23,24)/t11?,12?,15?,16?,17-,20-,36?/m1/s1. The first-order valence-corrected chi connectivity index (χ1v) is 12.5. The lowest BCUT2D eigenvalue weighted by molar-refractivity contribution is -0.142. The second-order valence-electron chi connectivity index (χ2n) is 8.14. The number of methoxy groups -OCH3 is 1. The first-order chi connectivity index (χ1) is 17.1. The van der Waals surface area contributed by atoms with E-state index in [-0.39, 0.29) is 11.6 Å². The first-order valence-electron chi connectivity index (χ1n) is 11.0. The number of nitrogens with zero attached hydrogens (tertiary/aromatic N) is 4. The van der Waals surface area contributed by atoms with Gasteiger partial charge < -0.3 is 29.9 Å². The van der Waals surface area contributed by atoms with Crippen LogP contribution in [0.3, 0.4) is 0 Å². The van der Waals surface area contributed by atoms with Crippen molar-refractivity contribution in [1.82, 2.24) is 24.6 Å². The molecule has 3 heterocycles. The number of para-hydroxylation sites is 1. The summed E-state index contributed by atoms with van der Waals surface area (Å²) in [6, 6.07) is 7.15. The Hall–Kier alpha value is -3.13. The number of ether oxygens (including phenoxy) is 2. The molecule has 1 aliphatic heterocycles. The van der Waals surface area contributed by atoms with Gasteiger partial charge in [-0.2, -0.15) is 5.09 Å². The summed E-state index contributed by atoms with van der Waals surface area (Å²) in [5, 5.41) is 24.0. The highest BCUT2D eigenvalue weighted by Crippen LogP contribution is 2.48. The summed E-state index contributed by atoms with van der Waals surface area (Å²) in [5.41, 5.74) is 6.42. The van der Waals surface area contributed by atoms with Gasteiger partial charge in [0, 0.05) is 0 Å². The highest BCUT2D eigenvalue weighted by molar-refractivity contribution is 7.52. The topological polar surface area (TPSA) is 193 Å². The molecule has 1 aromatic carbocycles. The molecule has 0 radical (unpaired) electrons. The molecule has 36 heavy (non-hydrogen) atoms. The van der Waals surface area contributed by atoms with E-state index in [4.69, 9.17) is 19.5 Å². The van der Waals surface area contributed by atoms with E-state index in [1.807, 2.05) is 0 Å². The minimum atomic E-state index is -4.22. The van der Waals surface area contributed by atoms with Gasteiger partial charge in [-0.15, -0.1) is 0 Å². The zero-order valence-corrected chi connectivity index (χ0v) is 20.6. The molecule has 0 amide bonds. The summed E-state index contributed by atoms with van der Waals surface area (Å²) in [6.07, 6.45) is -3.59. The number of nitrogens with one attached hydrogen (secondary N) is 1. The Bertz CT molecular complexity index is 1260. The average molecular weight is 522 g/mol. The molecule has 0 bridgehead atoms. The summed E-state index contributed by atoms with van der Waals surface area (Å²) in [7, 11) is -3.03. The van der Waals surface area contributed by atoms with Crippen LogP contribution in [0.25, 0.3) is 11.2 Å². The molecule has 1 aliphatic rings. The number of rotatable bonds is 9. The van der Waals surface area contributed by atoms with Crippen LogP contribution in [0.15, 0.2) is 43.0 Å². The minimum absolute atomic E-state index is 0.143. The molecule has 0 aliphatic carbocycles. The third-order valence-electron chi connectivity index (χ3n) is 5.58. The predicted molar refractivity (Wildman–Crippen MR) is 125 cm³/mol. The van der Waals surface area contributed by atoms with Gasteiger partial charge in [0.2, 0.25) is 0 Å². The maximum atomic E-state index is 13.7. The number of esters is 1. The molecule has 7 atom stereocenters. The fourth-order valence-corrected chi connectivity index (χ4v) is 5.50. The zero-order chi connectivity index (χ0) is 26.0. The number of aromatic nitrogens is 4. The maximum absolute atomic E-state index is 13.7. The average Bonchev–Trinajstić information content (AvgIpc) is 3.40. The van der Waals surface area contributed by atoms with E-state index < -0.39 is 50.4 Å². The summed E-state index contributed by atoms with van der Waals surface area (Å²) in [5.74, 6) is -0.334. The number of aliphatic hydroxyl groups is 2. The van der Waals surface area contributed by atoms with Crippen molar-refractivity contribution in [3.8, 4) is 5.75 Å². The van der Waals surface area contributed by atoms with E-state index in [1.54, 1.807) is 30.3 Å². The number of nitrogen functional groups attached to an aromatic ring is 1. The van der Waals surface area contributed by atoms with Crippen LogP contribution in [0.4, 0.5) is 5.82 Å². The van der Waals surface area contributed by atoms with Crippen molar-refractivity contribution >= 4 is 30.7 Å². The Labute approximate surface area is 206 Å². The fourth-order valence-electron chi connectivity index (χ4n) is 3.80. The number of carbonyl (C=O) groups is 1. The van der Waals surface area contributed by atoms with Gasteiger partial charge in [0.25, 0.3) is 0 Å². The smallest absolute Gasteiger partial charge is 0.459 e. The number of nitrogens with two attached hydrogens (primary N) is 1. The van der Waals surface area contributed by atoms with Crippen molar-refractivity contribution in [3.63, 3.8) is 0 Å². The number of aliphatic hydroxyl groups excluding tert-OH is 2. The number of carbonyl (C=O) groups excluding carboxylic acids is 1. The lowest BCUT2D eigenvalue weighted by Gasteiger charge is -2.28. The van der Waals surface area contributed by atoms with E-state index in [1.165, 1.54) is 38.2 Å². The molecule has 15 heteroatoms. The van der Waals surface area contributed by atoms with E-state index in [9.17, 15) is 19.6 Å². The second-order valence-corrected chi connectivity index (χ2v) is 9.79. The van der Waals surface area contributed by atoms with E-state index >= 15 is 0 Å². The molecule has 2 aromatic heterocycles. The van der Waals surface area contributed by atoms with Crippen molar-refractivity contribution in [2.75, 3.05) is 12.8 Å². The van der Waals surface area contributed by atoms with Crippen LogP contribution in [-0.4, -0.2) is 73.3 Å². The van der Waals surface area contributed by atoms with Gasteiger partial charge in [0.1, 0.15) is 41.9 Å². The quantitative estimate of drug-likeness (QED) is 0.228. The Morgan fingerprint density at radius 1 is 1.19 bits per heavy atom. The number of fused-ring (bicyclic) bond motifs is 1. The van der Waals surface area contributed by atoms with Gasteiger partial charge in [0.05, 0.1) is 19.5 Å². The minimum Gasteiger partial charge on any atom is -0.468 e. The summed E-state index contributed by atoms with van der Waals surface area (Å²) < 4.78 is 37.0. The van der Waals surface area contributed by atoms with E-state index in [0.29, 0.717) is 11.2 Å². The molecule has 0 saturated carbocycles. The highest BCUT2D eigenvalue weighted by Gasteiger charge is 2.49. The fraction of sp³-hybridized carbons (Fsp3) is 0.429. The molecule has 0 spiro atoms. The van der Waals surface area contributed by atoms with Gasteiger partial charge in [-0.3, -0.25) is 13.9 Å². The van der Waals surface area contributed by atoms with Crippen LogP contribution in [0.1, 0.15) is 20.1 Å². The number of hydrogen-bond acceptors (Lipinski definition) is 12. The monoisotopic (exact) mass is 522 g/mol. The number of imidazole rings is 1. The van der Waals surface area contributed by atoms with Crippen LogP contribution in [0.2, 0.25) is 0 Å². The lowest BCUT2D eigenvalue weighted by Crippen LogP contribution is -2.41. The SMILES string of the molecule is COC(=O)C(C)NP(=O)(Oc1ccccc1)OC(C)[C@H]1O[C@@H](n2cnc3c(N)ncnc32)C(O)C1O. The maximum Gasteiger partial charge on any atom is 0.459 e. The summed E-state index contributed by atoms with van der Waals surface area (Å²) in [4.78, 5) is 24.1. The van der Waals surface area contributed by atoms with Gasteiger partial charge in [-0.25, -0.2) is 19.5 Å². The molecule has 3 aromatic rings. The Morgan fingerprint density at radius 3 is 2.61 bits per heavy atom. The van der Waals surface area contributed by atoms with Gasteiger partial charge >= 0.3 is 13.7 Å². The molecular weight excluding hydrogens is 495 g/mol. The largest absolute Gasteiger partial charge is 0.468 e. The van der Waals surface area contributed by atoms with Gasteiger partial charge in [-0.05, 0) is 26.0 Å². The predicted octanol–water partition coefficient (Wildman–Crippen LogP) is 0.771. The van der Waals surface area contributed by atoms with Crippen LogP contribution in [-0.2, 0) is 23.4 Å². The number of hydrogen-bond donors (Lipinski definition) is 4. The third-order valence-corrected chi connectivity index (χ3v) is 7.34. The van der Waals surface area contributed by atoms with Gasteiger partial charge in [-0.1, -0.05) is 18.2 Å². The Morgan fingerprint density at radius 2 is 1.92 bits per heavy atom. The second kappa shape index (κ2) is 10.5. The zero-order valence-electron chi connectivity index (χ0n) is 19.7. The van der Waals surface area contributed by atoms with E-state index in [2.05, 4.69) is 24.8 Å². The highest BCUT2D eigenvalue weighted by atomic mass is 31.2. The Balaban J connectivity index is 1.56. The summed E-state index contributed by atoms with van der Waals surface area (Å²) >= 11 is 0. The van der Waals surface area contributed by atoms with Crippen LogP contribution < -0.4 is 15.3 Å². The normalized spacial score (nSPS) is 25.2. The van der Waals surface area contributed by atoms with Crippen molar-refractivity contribution in [1.29, 1.82) is 0 Å². The van der Waals surface area contributed by atoms with Crippen LogP contribution in [0, 0.1) is 0 Å². The molecule has 194 valence electrons. The molecular formula is C21H27N6O8P. The Kier molecular flexibility index (Phi) is 7.54. The lowest BCUT2D eigenvalue weighted by atomic mass is 10.1. The molecule has 1 saturated heterocycles. The van der Waals surface area contributed by atoms with Crippen LogP contribution in [0.5, 0.6) is 5.75 Å². The van der Waals surface area contributed by atoms with Crippen molar-refractivity contribution < 1.29 is 38.1 Å². The van der Waals surface area contributed by atoms with E-state index in [0.717, 1.165) is 0 Å². The molecule has 14 nitrogen and oxygen atoms in total. The molecule has 5 N–H and O–H groups in total. The molecule has 4 rings (SSSR count). The van der Waals surface area contributed by atoms with Crippen molar-refractivity contribution in [2.45, 2.75) is 50.5 Å². The van der Waals surface area contributed by atoms with Crippen molar-refractivity contribution in [3.05, 3.63) is 43.0 Å². The summed E-state index contributed by atoms with van der Waals surface area (Å²) in [6.45, 7) is 2.92. The van der Waals surface area contributed by atoms with Crippen molar-refractivity contribution in [2.24, 2.45) is 0 Å².